The van der Waals surface area contributed by atoms with Crippen molar-refractivity contribution in [2.24, 2.45) is 0 Å². The quantitative estimate of drug-likeness (QED) is 0.759. The molecule has 0 saturated heterocycles. The van der Waals surface area contributed by atoms with E-state index in [1.807, 2.05) is 59.5 Å². The first kappa shape index (κ1) is 14.4. The van der Waals surface area contributed by atoms with Crippen LogP contribution in [0.1, 0.15) is 12.6 Å². The van der Waals surface area contributed by atoms with E-state index in [0.29, 0.717) is 12.6 Å². The van der Waals surface area contributed by atoms with Crippen molar-refractivity contribution in [3.05, 3.63) is 66.7 Å². The molecule has 0 spiro atoms. The standard InChI is InChI=1S/C17H19N5/c1-14(13-22-11-5-9-20-22)19-12-16-8-10-18-17(21-16)15-6-3-2-4-7-15/h2-11,14,19H,12-13H2,1H3/t14-/m0/s1. The minimum atomic E-state index is 0.315. The predicted octanol–water partition coefficient (Wildman–Crippen LogP) is 2.52. The van der Waals surface area contributed by atoms with E-state index < -0.39 is 0 Å². The molecule has 0 amide bonds. The molecule has 5 nitrogen and oxygen atoms in total. The number of aromatic nitrogens is 4. The fourth-order valence-corrected chi connectivity index (χ4v) is 2.25. The van der Waals surface area contributed by atoms with Gasteiger partial charge in [0.15, 0.2) is 5.82 Å². The minimum absolute atomic E-state index is 0.315. The van der Waals surface area contributed by atoms with E-state index in [-0.39, 0.29) is 0 Å². The summed E-state index contributed by atoms with van der Waals surface area (Å²) in [6.07, 6.45) is 5.57. The molecule has 0 saturated carbocycles. The summed E-state index contributed by atoms with van der Waals surface area (Å²) in [7, 11) is 0. The second-order valence-electron chi connectivity index (χ2n) is 5.25. The Morgan fingerprint density at radius 2 is 1.95 bits per heavy atom. The molecule has 112 valence electrons. The highest BCUT2D eigenvalue weighted by molar-refractivity contribution is 5.54. The number of benzene rings is 1. The van der Waals surface area contributed by atoms with E-state index in [2.05, 4.69) is 27.3 Å². The number of hydrogen-bond acceptors (Lipinski definition) is 4. The van der Waals surface area contributed by atoms with E-state index in [4.69, 9.17) is 0 Å². The molecule has 0 aliphatic rings. The fourth-order valence-electron chi connectivity index (χ4n) is 2.25. The average Bonchev–Trinajstić information content (AvgIpc) is 3.07. The molecule has 1 N–H and O–H groups in total. The van der Waals surface area contributed by atoms with Gasteiger partial charge in [-0.1, -0.05) is 30.3 Å². The largest absolute Gasteiger partial charge is 0.307 e. The van der Waals surface area contributed by atoms with Crippen molar-refractivity contribution >= 4 is 0 Å². The van der Waals surface area contributed by atoms with Crippen LogP contribution in [-0.4, -0.2) is 25.8 Å². The molecule has 0 aliphatic heterocycles. The van der Waals surface area contributed by atoms with Gasteiger partial charge in [0.25, 0.3) is 0 Å². The first-order valence-electron chi connectivity index (χ1n) is 7.39. The van der Waals surface area contributed by atoms with Gasteiger partial charge in [0.05, 0.1) is 12.2 Å². The van der Waals surface area contributed by atoms with Crippen LogP contribution in [0.5, 0.6) is 0 Å². The van der Waals surface area contributed by atoms with Crippen molar-refractivity contribution in [1.82, 2.24) is 25.1 Å². The topological polar surface area (TPSA) is 55.6 Å². The summed E-state index contributed by atoms with van der Waals surface area (Å²) < 4.78 is 1.92. The maximum absolute atomic E-state index is 4.62. The Balaban J connectivity index is 1.61. The summed E-state index contributed by atoms with van der Waals surface area (Å²) in [5, 5.41) is 7.68. The molecular weight excluding hydrogens is 274 g/mol. The lowest BCUT2D eigenvalue weighted by Crippen LogP contribution is -2.30. The molecule has 2 aromatic heterocycles. The molecule has 0 radical (unpaired) electrons. The van der Waals surface area contributed by atoms with Crippen LogP contribution in [0.25, 0.3) is 11.4 Å². The maximum Gasteiger partial charge on any atom is 0.159 e. The zero-order valence-electron chi connectivity index (χ0n) is 12.6. The van der Waals surface area contributed by atoms with E-state index >= 15 is 0 Å². The first-order chi connectivity index (χ1) is 10.8. The van der Waals surface area contributed by atoms with Crippen LogP contribution in [0, 0.1) is 0 Å². The van der Waals surface area contributed by atoms with Crippen molar-refractivity contribution < 1.29 is 0 Å². The Labute approximate surface area is 130 Å². The smallest absolute Gasteiger partial charge is 0.159 e. The Morgan fingerprint density at radius 1 is 1.09 bits per heavy atom. The van der Waals surface area contributed by atoms with Crippen molar-refractivity contribution in [3.63, 3.8) is 0 Å². The van der Waals surface area contributed by atoms with Crippen LogP contribution in [-0.2, 0) is 13.1 Å². The van der Waals surface area contributed by atoms with Gasteiger partial charge < -0.3 is 5.32 Å². The van der Waals surface area contributed by atoms with Crippen LogP contribution >= 0.6 is 0 Å². The number of hydrogen-bond donors (Lipinski definition) is 1. The van der Waals surface area contributed by atoms with E-state index in [1.54, 1.807) is 6.20 Å². The van der Waals surface area contributed by atoms with Gasteiger partial charge >= 0.3 is 0 Å². The van der Waals surface area contributed by atoms with E-state index in [1.165, 1.54) is 0 Å². The van der Waals surface area contributed by atoms with Crippen LogP contribution in [0.15, 0.2) is 61.1 Å². The van der Waals surface area contributed by atoms with Gasteiger partial charge in [-0.3, -0.25) is 4.68 Å². The molecule has 0 bridgehead atoms. The Bertz CT molecular complexity index is 694. The lowest BCUT2D eigenvalue weighted by atomic mass is 10.2. The monoisotopic (exact) mass is 293 g/mol. The van der Waals surface area contributed by atoms with Gasteiger partial charge in [0, 0.05) is 36.7 Å². The van der Waals surface area contributed by atoms with E-state index in [0.717, 1.165) is 23.6 Å². The van der Waals surface area contributed by atoms with Gasteiger partial charge in [-0.05, 0) is 19.1 Å². The molecule has 0 fully saturated rings. The normalized spacial score (nSPS) is 12.2. The highest BCUT2D eigenvalue weighted by atomic mass is 15.3. The SMILES string of the molecule is C[C@@H](Cn1cccn1)NCc1ccnc(-c2ccccc2)n1. The van der Waals surface area contributed by atoms with E-state index in [9.17, 15) is 0 Å². The molecule has 5 heteroatoms. The predicted molar refractivity (Wildman–Crippen MR) is 86.0 cm³/mol. The Hall–Kier alpha value is -2.53. The van der Waals surface area contributed by atoms with Gasteiger partial charge in [-0.15, -0.1) is 0 Å². The summed E-state index contributed by atoms with van der Waals surface area (Å²) in [4.78, 5) is 8.96. The molecule has 1 aromatic carbocycles. The second-order valence-corrected chi connectivity index (χ2v) is 5.25. The first-order valence-corrected chi connectivity index (χ1v) is 7.39. The molecule has 22 heavy (non-hydrogen) atoms. The third kappa shape index (κ3) is 3.77. The minimum Gasteiger partial charge on any atom is -0.307 e. The molecular formula is C17H19N5. The van der Waals surface area contributed by atoms with Crippen molar-refractivity contribution in [3.8, 4) is 11.4 Å². The maximum atomic E-state index is 4.62. The Morgan fingerprint density at radius 3 is 2.73 bits per heavy atom. The van der Waals surface area contributed by atoms with Crippen molar-refractivity contribution in [1.29, 1.82) is 0 Å². The zero-order chi connectivity index (χ0) is 15.2. The highest BCUT2D eigenvalue weighted by Crippen LogP contribution is 2.13. The number of rotatable bonds is 6. The fraction of sp³-hybridized carbons (Fsp3) is 0.235. The van der Waals surface area contributed by atoms with Crippen LogP contribution in [0.2, 0.25) is 0 Å². The van der Waals surface area contributed by atoms with Crippen molar-refractivity contribution in [2.75, 3.05) is 0 Å². The molecule has 0 unspecified atom stereocenters. The second kappa shape index (κ2) is 6.95. The average molecular weight is 293 g/mol. The number of nitrogens with zero attached hydrogens (tertiary/aromatic N) is 4. The van der Waals surface area contributed by atoms with Crippen LogP contribution < -0.4 is 5.32 Å². The van der Waals surface area contributed by atoms with Crippen LogP contribution in [0.4, 0.5) is 0 Å². The third-order valence-corrected chi connectivity index (χ3v) is 3.40. The molecule has 2 heterocycles. The van der Waals surface area contributed by atoms with Crippen LogP contribution in [0.3, 0.4) is 0 Å². The third-order valence-electron chi connectivity index (χ3n) is 3.40. The molecule has 1 atom stereocenters. The van der Waals surface area contributed by atoms with Gasteiger partial charge in [0.1, 0.15) is 0 Å². The summed E-state index contributed by atoms with van der Waals surface area (Å²) in [6, 6.07) is 14.2. The summed E-state index contributed by atoms with van der Waals surface area (Å²) in [6.45, 7) is 3.69. The lowest BCUT2D eigenvalue weighted by Gasteiger charge is -2.13. The van der Waals surface area contributed by atoms with Crippen molar-refractivity contribution in [2.45, 2.75) is 26.1 Å². The molecule has 0 aliphatic carbocycles. The Kier molecular flexibility index (Phi) is 4.56. The van der Waals surface area contributed by atoms with Gasteiger partial charge in [0.2, 0.25) is 0 Å². The number of nitrogens with one attached hydrogen (secondary N) is 1. The molecule has 3 aromatic rings. The summed E-state index contributed by atoms with van der Waals surface area (Å²) in [5.41, 5.74) is 2.02. The summed E-state index contributed by atoms with van der Waals surface area (Å²) in [5.74, 6) is 0.764. The van der Waals surface area contributed by atoms with Gasteiger partial charge in [-0.25, -0.2) is 9.97 Å². The summed E-state index contributed by atoms with van der Waals surface area (Å²) >= 11 is 0. The lowest BCUT2D eigenvalue weighted by molar-refractivity contribution is 0.448. The molecule has 3 rings (SSSR count). The van der Waals surface area contributed by atoms with Gasteiger partial charge in [-0.2, -0.15) is 5.10 Å². The zero-order valence-corrected chi connectivity index (χ0v) is 12.6. The highest BCUT2D eigenvalue weighted by Gasteiger charge is 2.05.